The van der Waals surface area contributed by atoms with Gasteiger partial charge in [-0.15, -0.1) is 0 Å². The van der Waals surface area contributed by atoms with Crippen LogP contribution in [0.2, 0.25) is 5.02 Å². The zero-order valence-corrected chi connectivity index (χ0v) is 13.7. The van der Waals surface area contributed by atoms with Gasteiger partial charge in [-0.05, 0) is 37.4 Å². The summed E-state index contributed by atoms with van der Waals surface area (Å²) in [4.78, 5) is 2.33. The van der Waals surface area contributed by atoms with Crippen LogP contribution in [0.4, 0.5) is 5.69 Å². The number of hydrogen-bond acceptors (Lipinski definition) is 3. The molecule has 0 aromatic heterocycles. The molecular formula is C17H27ClN2O. The van der Waals surface area contributed by atoms with Crippen LogP contribution in [0.5, 0.6) is 0 Å². The van der Waals surface area contributed by atoms with Crippen molar-refractivity contribution < 1.29 is 5.11 Å². The van der Waals surface area contributed by atoms with E-state index >= 15 is 0 Å². The molecule has 1 aliphatic rings. The molecule has 1 fully saturated rings. The van der Waals surface area contributed by atoms with E-state index in [0.717, 1.165) is 30.2 Å². The second kappa shape index (κ2) is 8.62. The van der Waals surface area contributed by atoms with Crippen LogP contribution >= 0.6 is 11.6 Å². The van der Waals surface area contributed by atoms with Gasteiger partial charge >= 0.3 is 0 Å². The quantitative estimate of drug-likeness (QED) is 0.720. The van der Waals surface area contributed by atoms with Gasteiger partial charge in [-0.2, -0.15) is 0 Å². The number of halogens is 1. The second-order valence-corrected chi connectivity index (χ2v) is 6.19. The van der Waals surface area contributed by atoms with Gasteiger partial charge in [0, 0.05) is 19.1 Å². The van der Waals surface area contributed by atoms with Crippen molar-refractivity contribution >= 4 is 17.3 Å². The van der Waals surface area contributed by atoms with Crippen molar-refractivity contribution in [1.29, 1.82) is 0 Å². The largest absolute Gasteiger partial charge is 0.395 e. The Morgan fingerprint density at radius 2 is 2.10 bits per heavy atom. The lowest BCUT2D eigenvalue weighted by atomic mass is 10.1. The lowest BCUT2D eigenvalue weighted by Gasteiger charge is -2.33. The van der Waals surface area contributed by atoms with E-state index in [4.69, 9.17) is 11.6 Å². The summed E-state index contributed by atoms with van der Waals surface area (Å²) in [5.41, 5.74) is 2.35. The van der Waals surface area contributed by atoms with Gasteiger partial charge in [0.05, 0.1) is 17.3 Å². The molecule has 1 aromatic carbocycles. The van der Waals surface area contributed by atoms with Gasteiger partial charge in [0.15, 0.2) is 0 Å². The molecule has 118 valence electrons. The third kappa shape index (κ3) is 4.35. The zero-order valence-electron chi connectivity index (χ0n) is 12.9. The maximum atomic E-state index is 9.45. The van der Waals surface area contributed by atoms with Gasteiger partial charge in [-0.1, -0.05) is 43.5 Å². The summed E-state index contributed by atoms with van der Waals surface area (Å²) < 4.78 is 0. The minimum Gasteiger partial charge on any atom is -0.395 e. The Bertz CT molecular complexity index is 433. The predicted octanol–water partition coefficient (Wildman–Crippen LogP) is 3.58. The van der Waals surface area contributed by atoms with Crippen molar-refractivity contribution in [2.45, 2.75) is 51.6 Å². The van der Waals surface area contributed by atoms with E-state index in [2.05, 4.69) is 23.2 Å². The van der Waals surface area contributed by atoms with Gasteiger partial charge in [-0.25, -0.2) is 0 Å². The molecule has 0 spiro atoms. The first-order chi connectivity index (χ1) is 10.3. The Balaban J connectivity index is 2.24. The van der Waals surface area contributed by atoms with E-state index in [1.54, 1.807) is 0 Å². The first kappa shape index (κ1) is 16.6. The van der Waals surface area contributed by atoms with Gasteiger partial charge in [-0.3, -0.25) is 0 Å². The molecule has 0 amide bonds. The molecule has 1 aliphatic carbocycles. The van der Waals surface area contributed by atoms with E-state index < -0.39 is 0 Å². The van der Waals surface area contributed by atoms with Crippen molar-refractivity contribution in [3.05, 3.63) is 28.8 Å². The number of anilines is 1. The molecule has 21 heavy (non-hydrogen) atoms. The third-order valence-corrected chi connectivity index (χ3v) is 4.51. The highest BCUT2D eigenvalue weighted by molar-refractivity contribution is 6.33. The van der Waals surface area contributed by atoms with Crippen LogP contribution in [0.15, 0.2) is 18.2 Å². The van der Waals surface area contributed by atoms with Crippen LogP contribution in [0.1, 0.15) is 44.6 Å². The summed E-state index contributed by atoms with van der Waals surface area (Å²) in [5.74, 6) is 0. The minimum absolute atomic E-state index is 0.170. The van der Waals surface area contributed by atoms with E-state index in [0.29, 0.717) is 12.6 Å². The first-order valence-electron chi connectivity index (χ1n) is 8.13. The summed E-state index contributed by atoms with van der Waals surface area (Å²) in [6.07, 6.45) is 6.08. The number of hydrogen-bond donors (Lipinski definition) is 2. The lowest BCUT2D eigenvalue weighted by molar-refractivity contribution is 0.297. The molecule has 4 heteroatoms. The van der Waals surface area contributed by atoms with Crippen LogP contribution in [0.3, 0.4) is 0 Å². The lowest BCUT2D eigenvalue weighted by Crippen LogP contribution is -2.37. The fraction of sp³-hybridized carbons (Fsp3) is 0.647. The van der Waals surface area contributed by atoms with Crippen molar-refractivity contribution in [3.8, 4) is 0 Å². The maximum Gasteiger partial charge on any atom is 0.0643 e. The topological polar surface area (TPSA) is 35.5 Å². The SMILES string of the molecule is CCCNCc1cccc(Cl)c1N(CCO)C1CCCC1. The summed E-state index contributed by atoms with van der Waals surface area (Å²) >= 11 is 6.50. The number of benzene rings is 1. The fourth-order valence-electron chi connectivity index (χ4n) is 3.22. The Labute approximate surface area is 133 Å². The van der Waals surface area contributed by atoms with Gasteiger partial charge in [0.2, 0.25) is 0 Å². The van der Waals surface area contributed by atoms with Crippen LogP contribution in [-0.2, 0) is 6.54 Å². The van der Waals surface area contributed by atoms with Gasteiger partial charge < -0.3 is 15.3 Å². The van der Waals surface area contributed by atoms with Gasteiger partial charge in [0.25, 0.3) is 0 Å². The van der Waals surface area contributed by atoms with Gasteiger partial charge in [0.1, 0.15) is 0 Å². The van der Waals surface area contributed by atoms with E-state index in [1.165, 1.54) is 31.2 Å². The highest BCUT2D eigenvalue weighted by atomic mass is 35.5. The molecular weight excluding hydrogens is 284 g/mol. The van der Waals surface area contributed by atoms with Crippen molar-refractivity contribution in [2.75, 3.05) is 24.6 Å². The highest BCUT2D eigenvalue weighted by Crippen LogP contribution is 2.35. The molecule has 1 aromatic rings. The Morgan fingerprint density at radius 1 is 1.33 bits per heavy atom. The summed E-state index contributed by atoms with van der Waals surface area (Å²) in [6, 6.07) is 6.63. The molecule has 0 atom stereocenters. The molecule has 2 N–H and O–H groups in total. The molecule has 3 nitrogen and oxygen atoms in total. The van der Waals surface area contributed by atoms with E-state index in [9.17, 15) is 5.11 Å². The summed E-state index contributed by atoms with van der Waals surface area (Å²) in [5, 5.41) is 13.7. The Kier molecular flexibility index (Phi) is 6.81. The average molecular weight is 311 g/mol. The van der Waals surface area contributed by atoms with Crippen LogP contribution in [0.25, 0.3) is 0 Å². The summed E-state index contributed by atoms with van der Waals surface area (Å²) in [7, 11) is 0. The number of nitrogens with zero attached hydrogens (tertiary/aromatic N) is 1. The zero-order chi connectivity index (χ0) is 15.1. The van der Waals surface area contributed by atoms with Crippen molar-refractivity contribution in [2.24, 2.45) is 0 Å². The van der Waals surface area contributed by atoms with Crippen molar-refractivity contribution in [3.63, 3.8) is 0 Å². The number of para-hydroxylation sites is 1. The molecule has 0 bridgehead atoms. The average Bonchev–Trinajstić information content (AvgIpc) is 3.00. The van der Waals surface area contributed by atoms with E-state index in [1.807, 2.05) is 12.1 Å². The van der Waals surface area contributed by atoms with Crippen LogP contribution < -0.4 is 10.2 Å². The number of aliphatic hydroxyl groups is 1. The van der Waals surface area contributed by atoms with E-state index in [-0.39, 0.29) is 6.61 Å². The number of aliphatic hydroxyl groups excluding tert-OH is 1. The molecule has 2 rings (SSSR count). The second-order valence-electron chi connectivity index (χ2n) is 5.78. The number of nitrogens with one attached hydrogen (secondary N) is 1. The highest BCUT2D eigenvalue weighted by Gasteiger charge is 2.25. The molecule has 0 aliphatic heterocycles. The number of rotatable bonds is 8. The molecule has 0 unspecified atom stereocenters. The Hall–Kier alpha value is -0.770. The summed E-state index contributed by atoms with van der Waals surface area (Å²) in [6.45, 7) is 4.84. The van der Waals surface area contributed by atoms with Crippen molar-refractivity contribution in [1.82, 2.24) is 5.32 Å². The molecule has 0 saturated heterocycles. The van der Waals surface area contributed by atoms with Crippen LogP contribution in [-0.4, -0.2) is 30.8 Å². The maximum absolute atomic E-state index is 9.45. The first-order valence-corrected chi connectivity index (χ1v) is 8.51. The molecule has 0 heterocycles. The normalized spacial score (nSPS) is 15.6. The Morgan fingerprint density at radius 3 is 2.76 bits per heavy atom. The fourth-order valence-corrected chi connectivity index (χ4v) is 3.53. The predicted molar refractivity (Wildman–Crippen MR) is 90.1 cm³/mol. The monoisotopic (exact) mass is 310 g/mol. The smallest absolute Gasteiger partial charge is 0.0643 e. The molecule has 0 radical (unpaired) electrons. The minimum atomic E-state index is 0.170. The third-order valence-electron chi connectivity index (χ3n) is 4.21. The standard InChI is InChI=1S/C17H27ClN2O/c1-2-10-19-13-14-6-5-9-16(18)17(14)20(11-12-21)15-7-3-4-8-15/h5-6,9,15,19,21H,2-4,7-8,10-13H2,1H3. The van der Waals surface area contributed by atoms with Crippen LogP contribution in [0, 0.1) is 0 Å². The molecule has 1 saturated carbocycles.